The molecule has 0 bridgehead atoms. The molecule has 0 saturated heterocycles. The molecule has 5 heteroatoms. The number of nitriles is 1. The minimum absolute atomic E-state index is 0.857. The first-order chi connectivity index (χ1) is 6.16. The van der Waals surface area contributed by atoms with Gasteiger partial charge in [0.15, 0.2) is 0 Å². The van der Waals surface area contributed by atoms with E-state index >= 15 is 0 Å². The van der Waals surface area contributed by atoms with E-state index in [2.05, 4.69) is 4.74 Å². The monoisotopic (exact) mass is 183 g/mol. The second kappa shape index (κ2) is 3.63. The van der Waals surface area contributed by atoms with Gasteiger partial charge in [0, 0.05) is 0 Å². The maximum atomic E-state index is 12.8. The largest absolute Gasteiger partial charge is 0.359 e. The lowest BCUT2D eigenvalue weighted by molar-refractivity contribution is 0.0674. The first-order valence-corrected chi connectivity index (χ1v) is 3.21. The first kappa shape index (κ1) is 9.13. The second-order valence-electron chi connectivity index (χ2n) is 2.08. The zero-order valence-electron chi connectivity index (χ0n) is 6.25. The van der Waals surface area contributed by atoms with Crippen LogP contribution in [0.5, 0.6) is 0 Å². The summed E-state index contributed by atoms with van der Waals surface area (Å²) < 4.78 is 29.3. The number of halogens is 2. The Kier molecular flexibility index (Phi) is 2.55. The molecule has 0 aromatic heterocycles. The lowest BCUT2D eigenvalue weighted by Crippen LogP contribution is -2.06. The van der Waals surface area contributed by atoms with Gasteiger partial charge in [-0.25, -0.2) is 13.6 Å². The van der Waals surface area contributed by atoms with Gasteiger partial charge in [0.25, 0.3) is 6.26 Å². The lowest BCUT2D eigenvalue weighted by atomic mass is 10.2. The molecular formula is C8H3F2NO2. The minimum Gasteiger partial charge on any atom is -0.347 e. The standard InChI is InChI=1S/C8H3F2NO2/c9-5-2-1-3-6(10)7(5)8(12)13-4-11/h1-3H. The highest BCUT2D eigenvalue weighted by molar-refractivity contribution is 5.90. The molecule has 0 heterocycles. The fourth-order valence-corrected chi connectivity index (χ4v) is 0.785. The number of ether oxygens (including phenoxy) is 1. The average molecular weight is 183 g/mol. The Morgan fingerprint density at radius 3 is 2.38 bits per heavy atom. The molecule has 0 amide bonds. The van der Waals surface area contributed by atoms with Crippen molar-refractivity contribution < 1.29 is 18.3 Å². The van der Waals surface area contributed by atoms with Crippen LogP contribution in [0.25, 0.3) is 0 Å². The number of hydrogen-bond donors (Lipinski definition) is 0. The number of carbonyl (C=O) groups is 1. The van der Waals surface area contributed by atoms with Gasteiger partial charge in [-0.15, -0.1) is 5.26 Å². The van der Waals surface area contributed by atoms with Crippen LogP contribution in [-0.4, -0.2) is 5.97 Å². The van der Waals surface area contributed by atoms with E-state index in [-0.39, 0.29) is 0 Å². The quantitative estimate of drug-likeness (QED) is 0.490. The van der Waals surface area contributed by atoms with Gasteiger partial charge in [-0.05, 0) is 12.1 Å². The summed E-state index contributed by atoms with van der Waals surface area (Å²) in [5.74, 6) is -3.45. The molecular weight excluding hydrogens is 180 g/mol. The van der Waals surface area contributed by atoms with Crippen LogP contribution in [-0.2, 0) is 4.74 Å². The number of hydrogen-bond acceptors (Lipinski definition) is 3. The Balaban J connectivity index is 3.14. The van der Waals surface area contributed by atoms with E-state index in [1.54, 1.807) is 0 Å². The predicted molar refractivity (Wildman–Crippen MR) is 37.4 cm³/mol. The summed E-state index contributed by atoms with van der Waals surface area (Å²) in [4.78, 5) is 10.8. The molecule has 13 heavy (non-hydrogen) atoms. The van der Waals surface area contributed by atoms with Crippen LogP contribution in [0.2, 0.25) is 0 Å². The number of carbonyl (C=O) groups excluding carboxylic acids is 1. The maximum absolute atomic E-state index is 12.8. The number of rotatable bonds is 1. The van der Waals surface area contributed by atoms with Crippen molar-refractivity contribution in [2.45, 2.75) is 0 Å². The second-order valence-corrected chi connectivity index (χ2v) is 2.08. The molecule has 0 spiro atoms. The molecule has 0 aliphatic rings. The third-order valence-corrected chi connectivity index (χ3v) is 1.31. The SMILES string of the molecule is N#COC(=O)c1c(F)cccc1F. The highest BCUT2D eigenvalue weighted by atomic mass is 19.1. The van der Waals surface area contributed by atoms with Crippen LogP contribution in [0.15, 0.2) is 18.2 Å². The van der Waals surface area contributed by atoms with Gasteiger partial charge in [0.05, 0.1) is 0 Å². The molecule has 66 valence electrons. The predicted octanol–water partition coefficient (Wildman–Crippen LogP) is 1.60. The number of esters is 1. The Labute approximate surface area is 72.2 Å². The summed E-state index contributed by atoms with van der Waals surface area (Å²) in [5.41, 5.74) is -0.857. The smallest absolute Gasteiger partial charge is 0.347 e. The van der Waals surface area contributed by atoms with E-state index < -0.39 is 23.2 Å². The third kappa shape index (κ3) is 1.79. The molecule has 1 aromatic rings. The maximum Gasteiger partial charge on any atom is 0.359 e. The van der Waals surface area contributed by atoms with Crippen LogP contribution in [0, 0.1) is 23.2 Å². The van der Waals surface area contributed by atoms with Crippen molar-refractivity contribution in [1.29, 1.82) is 5.26 Å². The molecule has 0 saturated carbocycles. The van der Waals surface area contributed by atoms with E-state index in [1.165, 1.54) is 0 Å². The first-order valence-electron chi connectivity index (χ1n) is 3.21. The highest BCUT2D eigenvalue weighted by Gasteiger charge is 2.18. The van der Waals surface area contributed by atoms with Gasteiger partial charge in [-0.1, -0.05) is 6.07 Å². The van der Waals surface area contributed by atoms with Crippen molar-refractivity contribution in [3.63, 3.8) is 0 Å². The normalized spacial score (nSPS) is 9.00. The van der Waals surface area contributed by atoms with Gasteiger partial charge in [-0.3, -0.25) is 0 Å². The Morgan fingerprint density at radius 2 is 1.92 bits per heavy atom. The van der Waals surface area contributed by atoms with Crippen molar-refractivity contribution in [3.8, 4) is 6.26 Å². The molecule has 0 fully saturated rings. The molecule has 0 unspecified atom stereocenters. The molecule has 1 aromatic carbocycles. The van der Waals surface area contributed by atoms with E-state index in [4.69, 9.17) is 5.26 Å². The highest BCUT2D eigenvalue weighted by Crippen LogP contribution is 2.12. The van der Waals surface area contributed by atoms with Gasteiger partial charge < -0.3 is 4.74 Å². The Hall–Kier alpha value is -1.96. The average Bonchev–Trinajstić information content (AvgIpc) is 2.04. The fourth-order valence-electron chi connectivity index (χ4n) is 0.785. The molecule has 0 aliphatic heterocycles. The molecule has 3 nitrogen and oxygen atoms in total. The molecule has 0 atom stereocenters. The topological polar surface area (TPSA) is 50.1 Å². The molecule has 0 N–H and O–H groups in total. The summed E-state index contributed by atoms with van der Waals surface area (Å²) in [6, 6.07) is 2.90. The van der Waals surface area contributed by atoms with Crippen LogP contribution in [0.4, 0.5) is 8.78 Å². The van der Waals surface area contributed by atoms with Crippen LogP contribution in [0.3, 0.4) is 0 Å². The van der Waals surface area contributed by atoms with Gasteiger partial charge in [-0.2, -0.15) is 0 Å². The van der Waals surface area contributed by atoms with E-state index in [0.29, 0.717) is 0 Å². The van der Waals surface area contributed by atoms with Crippen molar-refractivity contribution in [3.05, 3.63) is 35.4 Å². The van der Waals surface area contributed by atoms with Gasteiger partial charge >= 0.3 is 5.97 Å². The van der Waals surface area contributed by atoms with Crippen LogP contribution in [0.1, 0.15) is 10.4 Å². The van der Waals surface area contributed by atoms with E-state index in [9.17, 15) is 13.6 Å². The lowest BCUT2D eigenvalue weighted by Gasteiger charge is -1.98. The van der Waals surface area contributed by atoms with Crippen LogP contribution >= 0.6 is 0 Å². The van der Waals surface area contributed by atoms with Crippen molar-refractivity contribution in [1.82, 2.24) is 0 Å². The van der Waals surface area contributed by atoms with Crippen molar-refractivity contribution in [2.24, 2.45) is 0 Å². The van der Waals surface area contributed by atoms with Crippen molar-refractivity contribution in [2.75, 3.05) is 0 Å². The van der Waals surface area contributed by atoms with Gasteiger partial charge in [0.2, 0.25) is 0 Å². The van der Waals surface area contributed by atoms with Crippen LogP contribution < -0.4 is 0 Å². The Morgan fingerprint density at radius 1 is 1.38 bits per heavy atom. The molecule has 0 radical (unpaired) electrons. The molecule has 1 rings (SSSR count). The fraction of sp³-hybridized carbons (Fsp3) is 0. The van der Waals surface area contributed by atoms with E-state index in [0.717, 1.165) is 24.5 Å². The zero-order chi connectivity index (χ0) is 9.84. The summed E-state index contributed by atoms with van der Waals surface area (Å²) in [6.45, 7) is 0. The third-order valence-electron chi connectivity index (χ3n) is 1.31. The summed E-state index contributed by atoms with van der Waals surface area (Å²) >= 11 is 0. The number of nitrogens with zero attached hydrogens (tertiary/aromatic N) is 1. The van der Waals surface area contributed by atoms with Gasteiger partial charge in [0.1, 0.15) is 17.2 Å². The summed E-state index contributed by atoms with van der Waals surface area (Å²) in [7, 11) is 0. The van der Waals surface area contributed by atoms with E-state index in [1.807, 2.05) is 0 Å². The Bertz CT molecular complexity index is 364. The molecule has 0 aliphatic carbocycles. The summed E-state index contributed by atoms with van der Waals surface area (Å²) in [5, 5.41) is 7.94. The van der Waals surface area contributed by atoms with Crippen molar-refractivity contribution >= 4 is 5.97 Å². The zero-order valence-corrected chi connectivity index (χ0v) is 6.25. The summed E-state index contributed by atoms with van der Waals surface area (Å²) in [6.07, 6.45) is 1.04. The minimum atomic E-state index is -1.34. The number of benzene rings is 1.